The van der Waals surface area contributed by atoms with Crippen LogP contribution in [0.25, 0.3) is 0 Å². The van der Waals surface area contributed by atoms with Gasteiger partial charge in [-0.2, -0.15) is 0 Å². The van der Waals surface area contributed by atoms with E-state index < -0.39 is 0 Å². The van der Waals surface area contributed by atoms with E-state index in [2.05, 4.69) is 6.92 Å². The highest BCUT2D eigenvalue weighted by molar-refractivity contribution is 5.76. The zero-order valence-electron chi connectivity index (χ0n) is 12.3. The molecule has 0 radical (unpaired) electrons. The van der Waals surface area contributed by atoms with Crippen LogP contribution in [0, 0.1) is 17.8 Å². The number of ether oxygens (including phenoxy) is 3. The summed E-state index contributed by atoms with van der Waals surface area (Å²) in [5.74, 6) is 1.44. The summed E-state index contributed by atoms with van der Waals surface area (Å²) in [6.07, 6.45) is 0. The highest BCUT2D eigenvalue weighted by Crippen LogP contribution is 2.46. The average Bonchev–Trinajstić information content (AvgIpc) is 3.10. The van der Waals surface area contributed by atoms with Crippen molar-refractivity contribution in [1.82, 2.24) is 0 Å². The second-order valence-corrected chi connectivity index (χ2v) is 5.16. The Balaban J connectivity index is 1.72. The summed E-state index contributed by atoms with van der Waals surface area (Å²) in [7, 11) is 1.65. The van der Waals surface area contributed by atoms with Crippen molar-refractivity contribution in [2.24, 2.45) is 17.8 Å². The maximum atomic E-state index is 11.6. The number of rotatable bonds is 7. The fraction of sp³-hybridized carbons (Fsp3) is 0.562. The molecule has 0 amide bonds. The highest BCUT2D eigenvalue weighted by atomic mass is 16.5. The van der Waals surface area contributed by atoms with E-state index in [9.17, 15) is 4.79 Å². The lowest BCUT2D eigenvalue weighted by atomic mass is 10.2. The van der Waals surface area contributed by atoms with E-state index in [1.807, 2.05) is 31.2 Å². The summed E-state index contributed by atoms with van der Waals surface area (Å²) in [5.41, 5.74) is 1.10. The summed E-state index contributed by atoms with van der Waals surface area (Å²) in [6.45, 7) is 5.52. The molecule has 0 aromatic heterocycles. The number of methoxy groups -OCH3 is 1. The molecule has 0 spiro atoms. The quantitative estimate of drug-likeness (QED) is 0.719. The van der Waals surface area contributed by atoms with E-state index in [1.54, 1.807) is 7.11 Å². The second-order valence-electron chi connectivity index (χ2n) is 5.16. The summed E-state index contributed by atoms with van der Waals surface area (Å²) in [6, 6.07) is 7.80. The molecule has 110 valence electrons. The molecule has 1 fully saturated rings. The number of carbonyl (C=O) groups excluding carboxylic acids is 1. The molecule has 1 aromatic rings. The lowest BCUT2D eigenvalue weighted by molar-refractivity contribution is -0.145. The Morgan fingerprint density at radius 2 is 1.95 bits per heavy atom. The normalized spacial score (nSPS) is 24.2. The van der Waals surface area contributed by atoms with Gasteiger partial charge in [0.2, 0.25) is 0 Å². The fourth-order valence-electron chi connectivity index (χ4n) is 2.46. The molecule has 4 nitrogen and oxygen atoms in total. The van der Waals surface area contributed by atoms with Crippen LogP contribution in [-0.4, -0.2) is 26.3 Å². The van der Waals surface area contributed by atoms with Crippen molar-refractivity contribution < 1.29 is 19.0 Å². The number of hydrogen-bond acceptors (Lipinski definition) is 4. The predicted molar refractivity (Wildman–Crippen MR) is 75.4 cm³/mol. The smallest absolute Gasteiger partial charge is 0.309 e. The van der Waals surface area contributed by atoms with Gasteiger partial charge >= 0.3 is 5.97 Å². The van der Waals surface area contributed by atoms with E-state index in [0.29, 0.717) is 31.7 Å². The lowest BCUT2D eigenvalue weighted by Crippen LogP contribution is -2.09. The summed E-state index contributed by atoms with van der Waals surface area (Å²) in [4.78, 5) is 11.6. The molecule has 0 aliphatic heterocycles. The van der Waals surface area contributed by atoms with Gasteiger partial charge in [-0.05, 0) is 36.5 Å². The third-order valence-electron chi connectivity index (χ3n) is 3.86. The van der Waals surface area contributed by atoms with Gasteiger partial charge in [0.1, 0.15) is 5.75 Å². The van der Waals surface area contributed by atoms with Crippen molar-refractivity contribution in [3.63, 3.8) is 0 Å². The van der Waals surface area contributed by atoms with Gasteiger partial charge in [-0.3, -0.25) is 4.79 Å². The first kappa shape index (κ1) is 14.9. The Hall–Kier alpha value is -1.55. The van der Waals surface area contributed by atoms with Gasteiger partial charge in [0, 0.05) is 0 Å². The number of benzene rings is 1. The van der Waals surface area contributed by atoms with Crippen molar-refractivity contribution >= 4 is 5.97 Å². The first-order chi connectivity index (χ1) is 9.67. The first-order valence-corrected chi connectivity index (χ1v) is 7.04. The van der Waals surface area contributed by atoms with Crippen molar-refractivity contribution in [2.75, 3.05) is 20.3 Å². The van der Waals surface area contributed by atoms with Crippen molar-refractivity contribution in [3.05, 3.63) is 29.8 Å². The van der Waals surface area contributed by atoms with E-state index in [0.717, 1.165) is 11.3 Å². The Labute approximate surface area is 120 Å². The molecule has 1 saturated carbocycles. The Morgan fingerprint density at radius 1 is 1.25 bits per heavy atom. The predicted octanol–water partition coefficient (Wildman–Crippen LogP) is 2.66. The van der Waals surface area contributed by atoms with Crippen LogP contribution in [0.5, 0.6) is 5.75 Å². The molecular formula is C16H22O4. The summed E-state index contributed by atoms with van der Waals surface area (Å²) < 4.78 is 15.9. The van der Waals surface area contributed by atoms with Crippen molar-refractivity contribution in [3.8, 4) is 5.75 Å². The van der Waals surface area contributed by atoms with Crippen LogP contribution < -0.4 is 4.74 Å². The van der Waals surface area contributed by atoms with Crippen LogP contribution in [0.1, 0.15) is 19.4 Å². The van der Waals surface area contributed by atoms with Crippen LogP contribution >= 0.6 is 0 Å². The molecule has 0 bridgehead atoms. The first-order valence-electron chi connectivity index (χ1n) is 7.04. The Kier molecular flexibility index (Phi) is 5.01. The topological polar surface area (TPSA) is 44.8 Å². The molecule has 1 aliphatic carbocycles. The molecule has 0 N–H and O–H groups in total. The molecule has 1 aromatic carbocycles. The molecule has 3 unspecified atom stereocenters. The van der Waals surface area contributed by atoms with Gasteiger partial charge in [-0.1, -0.05) is 19.1 Å². The molecule has 3 atom stereocenters. The number of hydrogen-bond donors (Lipinski definition) is 0. The van der Waals surface area contributed by atoms with E-state index in [-0.39, 0.29) is 11.9 Å². The minimum absolute atomic E-state index is 0.0193. The van der Waals surface area contributed by atoms with E-state index in [1.165, 1.54) is 0 Å². The van der Waals surface area contributed by atoms with Crippen LogP contribution in [0.2, 0.25) is 0 Å². The second kappa shape index (κ2) is 6.75. The highest BCUT2D eigenvalue weighted by Gasteiger charge is 2.52. The van der Waals surface area contributed by atoms with Crippen LogP contribution in [-0.2, 0) is 20.9 Å². The molecule has 0 heterocycles. The van der Waals surface area contributed by atoms with Crippen molar-refractivity contribution in [1.29, 1.82) is 0 Å². The maximum absolute atomic E-state index is 11.6. The molecule has 20 heavy (non-hydrogen) atoms. The number of esters is 1. The zero-order valence-corrected chi connectivity index (χ0v) is 12.3. The van der Waals surface area contributed by atoms with E-state index in [4.69, 9.17) is 14.2 Å². The van der Waals surface area contributed by atoms with Gasteiger partial charge in [-0.25, -0.2) is 0 Å². The van der Waals surface area contributed by atoms with Gasteiger partial charge in [0.05, 0.1) is 32.8 Å². The van der Waals surface area contributed by atoms with Gasteiger partial charge in [0.25, 0.3) is 0 Å². The molecular weight excluding hydrogens is 256 g/mol. The molecule has 0 saturated heterocycles. The maximum Gasteiger partial charge on any atom is 0.309 e. The Bertz CT molecular complexity index is 440. The van der Waals surface area contributed by atoms with Crippen LogP contribution in [0.4, 0.5) is 0 Å². The van der Waals surface area contributed by atoms with Gasteiger partial charge in [-0.15, -0.1) is 0 Å². The average molecular weight is 278 g/mol. The number of carbonyl (C=O) groups is 1. The third-order valence-corrected chi connectivity index (χ3v) is 3.86. The van der Waals surface area contributed by atoms with Crippen LogP contribution in [0.3, 0.4) is 0 Å². The SMILES string of the molecule is CCOC(=O)C1C(C)C1COCc1ccc(OC)cc1. The van der Waals surface area contributed by atoms with E-state index >= 15 is 0 Å². The zero-order chi connectivity index (χ0) is 14.5. The Morgan fingerprint density at radius 3 is 2.55 bits per heavy atom. The summed E-state index contributed by atoms with van der Waals surface area (Å²) >= 11 is 0. The monoisotopic (exact) mass is 278 g/mol. The fourth-order valence-corrected chi connectivity index (χ4v) is 2.46. The minimum Gasteiger partial charge on any atom is -0.497 e. The molecule has 4 heteroatoms. The minimum atomic E-state index is -0.0851. The van der Waals surface area contributed by atoms with Gasteiger partial charge in [0.15, 0.2) is 0 Å². The van der Waals surface area contributed by atoms with Crippen molar-refractivity contribution in [2.45, 2.75) is 20.5 Å². The molecule has 2 rings (SSSR count). The summed E-state index contributed by atoms with van der Waals surface area (Å²) in [5, 5.41) is 0. The lowest BCUT2D eigenvalue weighted by Gasteiger charge is -2.05. The molecule has 1 aliphatic rings. The third kappa shape index (κ3) is 3.51. The van der Waals surface area contributed by atoms with Crippen LogP contribution in [0.15, 0.2) is 24.3 Å². The van der Waals surface area contributed by atoms with Gasteiger partial charge < -0.3 is 14.2 Å². The standard InChI is InChI=1S/C16H22O4/c1-4-20-16(17)15-11(2)14(15)10-19-9-12-5-7-13(18-3)8-6-12/h5-8,11,14-15H,4,9-10H2,1-3H3. The largest absolute Gasteiger partial charge is 0.497 e.